The fourth-order valence-corrected chi connectivity index (χ4v) is 2.36. The first-order valence-electron chi connectivity index (χ1n) is 7.60. The largest absolute Gasteiger partial charge is 0.489 e. The molecule has 23 heavy (non-hydrogen) atoms. The number of imidazole rings is 1. The second-order valence-electron chi connectivity index (χ2n) is 5.59. The third-order valence-electron chi connectivity index (χ3n) is 3.28. The van der Waals surface area contributed by atoms with Crippen molar-refractivity contribution in [2.24, 2.45) is 0 Å². The Kier molecular flexibility index (Phi) is 4.28. The molecule has 1 amide bonds. The van der Waals surface area contributed by atoms with Gasteiger partial charge in [-0.1, -0.05) is 18.2 Å². The molecule has 2 aromatic heterocycles. The summed E-state index contributed by atoms with van der Waals surface area (Å²) in [5.74, 6) is 0.555. The van der Waals surface area contributed by atoms with Crippen molar-refractivity contribution in [1.29, 1.82) is 0 Å². The maximum absolute atomic E-state index is 12.3. The number of ether oxygens (including phenoxy) is 1. The van der Waals surface area contributed by atoms with Gasteiger partial charge < -0.3 is 14.5 Å². The van der Waals surface area contributed by atoms with Gasteiger partial charge in [0, 0.05) is 12.4 Å². The third-order valence-corrected chi connectivity index (χ3v) is 3.28. The molecule has 0 aliphatic heterocycles. The highest BCUT2D eigenvalue weighted by Gasteiger charge is 2.11. The molecule has 1 aromatic carbocycles. The number of nitrogens with one attached hydrogen (secondary N) is 1. The van der Waals surface area contributed by atoms with Crippen molar-refractivity contribution < 1.29 is 9.53 Å². The lowest BCUT2D eigenvalue weighted by molar-refractivity contribution is -0.115. The zero-order chi connectivity index (χ0) is 16.2. The van der Waals surface area contributed by atoms with Gasteiger partial charge in [0.2, 0.25) is 5.91 Å². The van der Waals surface area contributed by atoms with Gasteiger partial charge in [0.1, 0.15) is 11.4 Å². The summed E-state index contributed by atoms with van der Waals surface area (Å²) >= 11 is 0. The van der Waals surface area contributed by atoms with Crippen LogP contribution in [0.5, 0.6) is 5.75 Å². The first-order valence-corrected chi connectivity index (χ1v) is 7.60. The van der Waals surface area contributed by atoms with Gasteiger partial charge >= 0.3 is 0 Å². The summed E-state index contributed by atoms with van der Waals surface area (Å²) in [5.41, 5.74) is 2.24. The van der Waals surface area contributed by atoms with Crippen molar-refractivity contribution >= 4 is 17.2 Å². The normalized spacial score (nSPS) is 10.9. The predicted molar refractivity (Wildman–Crippen MR) is 89.7 cm³/mol. The number of fused-ring (bicyclic) bond motifs is 1. The Morgan fingerprint density at radius 3 is 2.78 bits per heavy atom. The number of para-hydroxylation sites is 2. The molecule has 5 nitrogen and oxygen atoms in total. The molecule has 0 saturated carbocycles. The molecule has 0 saturated heterocycles. The van der Waals surface area contributed by atoms with Crippen LogP contribution < -0.4 is 10.1 Å². The van der Waals surface area contributed by atoms with E-state index in [9.17, 15) is 4.79 Å². The Labute approximate surface area is 134 Å². The maximum atomic E-state index is 12.3. The number of pyridine rings is 1. The topological polar surface area (TPSA) is 55.6 Å². The molecule has 0 fully saturated rings. The Balaban J connectivity index is 1.72. The second kappa shape index (κ2) is 6.52. The molecule has 5 heteroatoms. The van der Waals surface area contributed by atoms with Crippen LogP contribution in [0.3, 0.4) is 0 Å². The van der Waals surface area contributed by atoms with E-state index in [0.717, 1.165) is 11.3 Å². The highest BCUT2D eigenvalue weighted by atomic mass is 16.5. The van der Waals surface area contributed by atoms with Crippen LogP contribution in [0, 0.1) is 0 Å². The average Bonchev–Trinajstić information content (AvgIpc) is 2.90. The van der Waals surface area contributed by atoms with E-state index in [0.29, 0.717) is 11.4 Å². The zero-order valence-corrected chi connectivity index (χ0v) is 13.2. The quantitative estimate of drug-likeness (QED) is 0.786. The average molecular weight is 309 g/mol. The molecule has 0 spiro atoms. The summed E-state index contributed by atoms with van der Waals surface area (Å²) in [7, 11) is 0. The van der Waals surface area contributed by atoms with Gasteiger partial charge in [0.15, 0.2) is 0 Å². The lowest BCUT2D eigenvalue weighted by atomic mass is 10.2. The SMILES string of the molecule is CC(C)Oc1ccccc1NC(=O)Cc1cn2ccccc2n1. The summed E-state index contributed by atoms with van der Waals surface area (Å²) in [4.78, 5) is 16.7. The molecule has 0 bridgehead atoms. The van der Waals surface area contributed by atoms with E-state index in [1.165, 1.54) is 0 Å². The van der Waals surface area contributed by atoms with Gasteiger partial charge in [0.25, 0.3) is 0 Å². The van der Waals surface area contributed by atoms with Gasteiger partial charge in [-0.3, -0.25) is 4.79 Å². The maximum Gasteiger partial charge on any atom is 0.230 e. The van der Waals surface area contributed by atoms with Gasteiger partial charge in [-0.05, 0) is 38.1 Å². The van der Waals surface area contributed by atoms with Crippen molar-refractivity contribution in [3.05, 3.63) is 60.6 Å². The third kappa shape index (κ3) is 3.69. The van der Waals surface area contributed by atoms with E-state index in [-0.39, 0.29) is 18.4 Å². The molecule has 2 heterocycles. The first-order chi connectivity index (χ1) is 11.1. The number of aromatic nitrogens is 2. The van der Waals surface area contributed by atoms with Gasteiger partial charge in [-0.15, -0.1) is 0 Å². The van der Waals surface area contributed by atoms with Crippen LogP contribution in [0.4, 0.5) is 5.69 Å². The van der Waals surface area contributed by atoms with Crippen LogP contribution in [0.15, 0.2) is 54.9 Å². The molecule has 1 N–H and O–H groups in total. The number of benzene rings is 1. The Morgan fingerprint density at radius 1 is 1.22 bits per heavy atom. The molecule has 0 unspecified atom stereocenters. The number of hydrogen-bond acceptors (Lipinski definition) is 3. The van der Waals surface area contributed by atoms with Gasteiger partial charge in [-0.25, -0.2) is 4.98 Å². The van der Waals surface area contributed by atoms with Gasteiger partial charge in [-0.2, -0.15) is 0 Å². The monoisotopic (exact) mass is 309 g/mol. The summed E-state index contributed by atoms with van der Waals surface area (Å²) in [5, 5.41) is 2.90. The molecule has 0 atom stereocenters. The summed E-state index contributed by atoms with van der Waals surface area (Å²) in [6.07, 6.45) is 4.05. The molecule has 0 aliphatic carbocycles. The van der Waals surface area contributed by atoms with Crippen molar-refractivity contribution in [3.8, 4) is 5.75 Å². The molecule has 0 radical (unpaired) electrons. The van der Waals surface area contributed by atoms with Crippen LogP contribution in [0.2, 0.25) is 0 Å². The number of nitrogens with zero attached hydrogens (tertiary/aromatic N) is 2. The summed E-state index contributed by atoms with van der Waals surface area (Å²) < 4.78 is 7.61. The Bertz CT molecular complexity index is 791. The highest BCUT2D eigenvalue weighted by Crippen LogP contribution is 2.25. The van der Waals surface area contributed by atoms with Gasteiger partial charge in [0.05, 0.1) is 23.9 Å². The molecule has 0 aliphatic rings. The van der Waals surface area contributed by atoms with Crippen LogP contribution in [0.1, 0.15) is 19.5 Å². The smallest absolute Gasteiger partial charge is 0.230 e. The number of carbonyl (C=O) groups is 1. The predicted octanol–water partition coefficient (Wildman–Crippen LogP) is 3.30. The van der Waals surface area contributed by atoms with Crippen molar-refractivity contribution in [1.82, 2.24) is 9.38 Å². The van der Waals surface area contributed by atoms with Crippen LogP contribution in [0.25, 0.3) is 5.65 Å². The highest BCUT2D eigenvalue weighted by molar-refractivity contribution is 5.93. The Morgan fingerprint density at radius 2 is 2.00 bits per heavy atom. The first kappa shape index (κ1) is 15.1. The summed E-state index contributed by atoms with van der Waals surface area (Å²) in [6.45, 7) is 3.91. The zero-order valence-electron chi connectivity index (χ0n) is 13.2. The van der Waals surface area contributed by atoms with E-state index in [1.54, 1.807) is 0 Å². The molecule has 3 aromatic rings. The minimum absolute atomic E-state index is 0.0477. The van der Waals surface area contributed by atoms with Crippen molar-refractivity contribution in [3.63, 3.8) is 0 Å². The molecule has 3 rings (SSSR count). The Hall–Kier alpha value is -2.82. The minimum atomic E-state index is -0.117. The number of rotatable bonds is 5. The fraction of sp³-hybridized carbons (Fsp3) is 0.222. The number of anilines is 1. The molecule has 118 valence electrons. The number of amides is 1. The lowest BCUT2D eigenvalue weighted by Gasteiger charge is -2.14. The van der Waals surface area contributed by atoms with E-state index in [2.05, 4.69) is 10.3 Å². The van der Waals surface area contributed by atoms with Crippen LogP contribution >= 0.6 is 0 Å². The van der Waals surface area contributed by atoms with E-state index >= 15 is 0 Å². The van der Waals surface area contributed by atoms with E-state index in [4.69, 9.17) is 4.74 Å². The molecular formula is C18H19N3O2. The minimum Gasteiger partial charge on any atom is -0.489 e. The fourth-order valence-electron chi connectivity index (χ4n) is 2.36. The second-order valence-corrected chi connectivity index (χ2v) is 5.59. The van der Waals surface area contributed by atoms with Crippen molar-refractivity contribution in [2.45, 2.75) is 26.4 Å². The lowest BCUT2D eigenvalue weighted by Crippen LogP contribution is -2.16. The van der Waals surface area contributed by atoms with Crippen LogP contribution in [-0.4, -0.2) is 21.4 Å². The number of hydrogen-bond donors (Lipinski definition) is 1. The standard InChI is InChI=1S/C18H19N3O2/c1-13(2)23-16-8-4-3-7-15(16)20-18(22)11-14-12-21-10-6-5-9-17(21)19-14/h3-10,12-13H,11H2,1-2H3,(H,20,22). The van der Waals surface area contributed by atoms with Crippen molar-refractivity contribution in [2.75, 3.05) is 5.32 Å². The number of carbonyl (C=O) groups excluding carboxylic acids is 1. The van der Waals surface area contributed by atoms with E-state index in [1.807, 2.05) is 73.1 Å². The molecular weight excluding hydrogens is 290 g/mol. The summed E-state index contributed by atoms with van der Waals surface area (Å²) in [6, 6.07) is 13.2. The van der Waals surface area contributed by atoms with E-state index < -0.39 is 0 Å². The van der Waals surface area contributed by atoms with Crippen LogP contribution in [-0.2, 0) is 11.2 Å².